The number of benzene rings is 3. The third kappa shape index (κ3) is 5.38. The maximum absolute atomic E-state index is 12.9. The number of aromatic nitrogens is 4. The maximum Gasteiger partial charge on any atom is 0.280 e. The number of nitrogens with one attached hydrogen (secondary N) is 2. The van der Waals surface area contributed by atoms with Gasteiger partial charge in [-0.05, 0) is 34.9 Å². The molecule has 7 nitrogen and oxygen atoms in total. The summed E-state index contributed by atoms with van der Waals surface area (Å²) in [5.74, 6) is 1.61. The van der Waals surface area contributed by atoms with Crippen LogP contribution in [0.2, 0.25) is 0 Å². The van der Waals surface area contributed by atoms with Gasteiger partial charge in [-0.2, -0.15) is 4.98 Å². The normalized spacial score (nSPS) is 18.7. The van der Waals surface area contributed by atoms with Crippen LogP contribution in [0.3, 0.4) is 0 Å². The van der Waals surface area contributed by atoms with Gasteiger partial charge in [-0.15, -0.1) is 0 Å². The molecule has 0 saturated heterocycles. The van der Waals surface area contributed by atoms with Crippen molar-refractivity contribution in [2.75, 3.05) is 22.9 Å². The Labute approximate surface area is 259 Å². The molecule has 1 fully saturated rings. The minimum Gasteiger partial charge on any atom is -0.360 e. The van der Waals surface area contributed by atoms with Crippen molar-refractivity contribution in [2.45, 2.75) is 31.9 Å². The lowest BCUT2D eigenvalue weighted by atomic mass is 9.70. The number of hydrogen-bond acceptors (Lipinski definition) is 5. The molecule has 0 aliphatic heterocycles. The molecule has 0 radical (unpaired) electrons. The van der Waals surface area contributed by atoms with Gasteiger partial charge < -0.3 is 14.6 Å². The Balaban J connectivity index is 1.38. The first kappa shape index (κ1) is 28.6. The molecule has 2 aromatic heterocycles. The van der Waals surface area contributed by atoms with Gasteiger partial charge in [0.25, 0.3) is 5.56 Å². The summed E-state index contributed by atoms with van der Waals surface area (Å²) in [5.41, 5.74) is 3.26. The minimum absolute atomic E-state index is 0.127. The quantitative estimate of drug-likeness (QED) is 0.0915. The van der Waals surface area contributed by atoms with Gasteiger partial charge in [0, 0.05) is 22.9 Å². The van der Waals surface area contributed by atoms with E-state index in [2.05, 4.69) is 129 Å². The number of nitrogens with zero attached hydrogens (tertiary/aromatic N) is 3. The average molecular weight is 674 g/mol. The summed E-state index contributed by atoms with van der Waals surface area (Å²) in [6, 6.07) is 31.6. The molecule has 0 spiro atoms. The number of aromatic amines is 1. The number of alkyl halides is 1. The highest BCUT2D eigenvalue weighted by Crippen LogP contribution is 2.48. The third-order valence-electron chi connectivity index (χ3n) is 8.34. The molecule has 2 heterocycles. The van der Waals surface area contributed by atoms with E-state index < -0.39 is 5.60 Å². The molecule has 8 heteroatoms. The van der Waals surface area contributed by atoms with Crippen LogP contribution >= 0.6 is 22.6 Å². The maximum atomic E-state index is 12.9. The van der Waals surface area contributed by atoms with Gasteiger partial charge in [0.1, 0.15) is 5.60 Å². The van der Waals surface area contributed by atoms with Crippen LogP contribution in [0.4, 0.5) is 5.95 Å². The second-order valence-electron chi connectivity index (χ2n) is 11.5. The summed E-state index contributed by atoms with van der Waals surface area (Å²) < 4.78 is 10.4. The summed E-state index contributed by atoms with van der Waals surface area (Å²) in [4.78, 5) is 25.0. The number of fused-ring (bicyclic) bond motifs is 1. The van der Waals surface area contributed by atoms with Crippen molar-refractivity contribution in [3.05, 3.63) is 124 Å². The molecule has 42 heavy (non-hydrogen) atoms. The predicted molar refractivity (Wildman–Crippen MR) is 176 cm³/mol. The van der Waals surface area contributed by atoms with Gasteiger partial charge in [-0.3, -0.25) is 9.78 Å². The first-order valence-corrected chi connectivity index (χ1v) is 16.1. The summed E-state index contributed by atoms with van der Waals surface area (Å²) in [6.45, 7) is 5.51. The Hall–Kier alpha value is -3.50. The number of rotatable bonds is 11. The molecule has 1 saturated carbocycles. The number of halogens is 1. The van der Waals surface area contributed by atoms with E-state index in [4.69, 9.17) is 9.72 Å². The van der Waals surface area contributed by atoms with Crippen LogP contribution in [-0.4, -0.2) is 37.1 Å². The molecule has 1 aliphatic rings. The van der Waals surface area contributed by atoms with Crippen molar-refractivity contribution in [3.63, 3.8) is 0 Å². The summed E-state index contributed by atoms with van der Waals surface area (Å²) >= 11 is 2.49. The lowest BCUT2D eigenvalue weighted by Crippen LogP contribution is -2.45. The second-order valence-corrected chi connectivity index (χ2v) is 12.4. The van der Waals surface area contributed by atoms with Crippen LogP contribution in [-0.2, 0) is 10.3 Å². The smallest absolute Gasteiger partial charge is 0.280 e. The van der Waals surface area contributed by atoms with Gasteiger partial charge >= 0.3 is 0 Å². The highest BCUT2D eigenvalue weighted by molar-refractivity contribution is 14.1. The lowest BCUT2D eigenvalue weighted by Gasteiger charge is -2.47. The van der Waals surface area contributed by atoms with E-state index in [1.165, 1.54) is 0 Å². The summed E-state index contributed by atoms with van der Waals surface area (Å²) in [7, 11) is 0. The van der Waals surface area contributed by atoms with E-state index in [1.807, 2.05) is 18.2 Å². The Bertz CT molecular complexity index is 1570. The SMILES string of the molecule is CC(C)CNc1nc2c(ncn2[C@@H]2C[C@H](CI)[C@H]2COC(c2ccccc2)(c2ccccc2)c2ccccc2)c(=O)[nH]1. The number of H-pyrrole nitrogens is 1. The fourth-order valence-corrected chi connectivity index (χ4v) is 7.08. The Kier molecular flexibility index (Phi) is 8.44. The van der Waals surface area contributed by atoms with Crippen molar-refractivity contribution >= 4 is 39.7 Å². The first-order chi connectivity index (χ1) is 20.5. The van der Waals surface area contributed by atoms with E-state index in [1.54, 1.807) is 6.33 Å². The molecule has 1 aliphatic carbocycles. The van der Waals surface area contributed by atoms with Crippen molar-refractivity contribution in [3.8, 4) is 0 Å². The molecule has 3 aromatic carbocycles. The fraction of sp³-hybridized carbons (Fsp3) is 0.324. The summed E-state index contributed by atoms with van der Waals surface area (Å²) in [6.07, 6.45) is 2.76. The van der Waals surface area contributed by atoms with Crippen molar-refractivity contribution in [2.24, 2.45) is 17.8 Å². The average Bonchev–Trinajstić information content (AvgIpc) is 3.43. The predicted octanol–water partition coefficient (Wildman–Crippen LogP) is 6.81. The Morgan fingerprint density at radius 2 is 1.55 bits per heavy atom. The van der Waals surface area contributed by atoms with Crippen LogP contribution < -0.4 is 10.9 Å². The van der Waals surface area contributed by atoms with Crippen molar-refractivity contribution in [1.29, 1.82) is 0 Å². The fourth-order valence-electron chi connectivity index (χ4n) is 6.07. The molecular formula is C34H36IN5O2. The molecule has 2 N–H and O–H groups in total. The monoisotopic (exact) mass is 673 g/mol. The van der Waals surface area contributed by atoms with Gasteiger partial charge in [-0.25, -0.2) is 4.98 Å². The lowest BCUT2D eigenvalue weighted by molar-refractivity contribution is -0.0590. The van der Waals surface area contributed by atoms with E-state index in [9.17, 15) is 4.79 Å². The molecule has 3 atom stereocenters. The van der Waals surface area contributed by atoms with Crippen LogP contribution in [0, 0.1) is 17.8 Å². The van der Waals surface area contributed by atoms with E-state index in [0.29, 0.717) is 35.6 Å². The van der Waals surface area contributed by atoms with Crippen LogP contribution in [0.5, 0.6) is 0 Å². The molecule has 5 aromatic rings. The number of ether oxygens (including phenoxy) is 1. The van der Waals surface area contributed by atoms with Crippen molar-refractivity contribution < 1.29 is 4.74 Å². The van der Waals surface area contributed by atoms with Gasteiger partial charge in [0.05, 0.1) is 12.9 Å². The highest BCUT2D eigenvalue weighted by atomic mass is 127. The van der Waals surface area contributed by atoms with E-state index in [-0.39, 0.29) is 17.5 Å². The zero-order valence-electron chi connectivity index (χ0n) is 23.9. The van der Waals surface area contributed by atoms with Crippen LogP contribution in [0.1, 0.15) is 43.0 Å². The zero-order chi connectivity index (χ0) is 29.1. The van der Waals surface area contributed by atoms with Gasteiger partial charge in [-0.1, -0.05) is 127 Å². The molecule has 6 rings (SSSR count). The number of hydrogen-bond donors (Lipinski definition) is 2. The molecule has 0 bridgehead atoms. The molecule has 216 valence electrons. The largest absolute Gasteiger partial charge is 0.360 e. The zero-order valence-corrected chi connectivity index (χ0v) is 26.1. The minimum atomic E-state index is -0.778. The number of imidazole rings is 1. The first-order valence-electron chi connectivity index (χ1n) is 14.6. The van der Waals surface area contributed by atoms with Crippen LogP contribution in [0.15, 0.2) is 102 Å². The van der Waals surface area contributed by atoms with Gasteiger partial charge in [0.2, 0.25) is 5.95 Å². The van der Waals surface area contributed by atoms with E-state index in [0.717, 1.165) is 34.1 Å². The molecule has 0 amide bonds. The molecule has 0 unspecified atom stereocenters. The number of anilines is 1. The standard InChI is InChI=1S/C34H36IN5O2/c1-23(2)20-36-33-38-31-30(32(41)39-33)37-22-40(31)29-18-24(19-35)28(29)21-42-34(25-12-6-3-7-13-25,26-14-8-4-9-15-26)27-16-10-5-11-17-27/h3-17,22-24,28-29H,18-21H2,1-2H3,(H2,36,38,39,41)/t24-,28-,29-/m1/s1. The Morgan fingerprint density at radius 1 is 0.976 bits per heavy atom. The van der Waals surface area contributed by atoms with Gasteiger partial charge in [0.15, 0.2) is 11.2 Å². The Morgan fingerprint density at radius 3 is 2.07 bits per heavy atom. The highest BCUT2D eigenvalue weighted by Gasteiger charge is 2.45. The molecular weight excluding hydrogens is 637 g/mol. The summed E-state index contributed by atoms with van der Waals surface area (Å²) in [5, 5.41) is 3.27. The topological polar surface area (TPSA) is 84.8 Å². The van der Waals surface area contributed by atoms with Crippen LogP contribution in [0.25, 0.3) is 11.2 Å². The van der Waals surface area contributed by atoms with E-state index >= 15 is 0 Å². The third-order valence-corrected chi connectivity index (χ3v) is 9.47. The van der Waals surface area contributed by atoms with Crippen molar-refractivity contribution in [1.82, 2.24) is 19.5 Å². The second kappa shape index (κ2) is 12.4.